The van der Waals surface area contributed by atoms with Crippen molar-refractivity contribution < 1.29 is 9.32 Å². The van der Waals surface area contributed by atoms with Gasteiger partial charge in [-0.05, 0) is 49.4 Å². The lowest BCUT2D eigenvalue weighted by molar-refractivity contribution is 0.102. The molecular formula is C21H16BrN3O3S. The summed E-state index contributed by atoms with van der Waals surface area (Å²) in [6, 6.07) is 18.0. The number of carbonyl (C=O) groups is 1. The summed E-state index contributed by atoms with van der Waals surface area (Å²) >= 11 is 4.93. The van der Waals surface area contributed by atoms with E-state index >= 15 is 0 Å². The molecular weight excluding hydrogens is 454 g/mol. The molecule has 29 heavy (non-hydrogen) atoms. The Morgan fingerprint density at radius 3 is 2.72 bits per heavy atom. The first kappa shape index (κ1) is 19.5. The van der Waals surface area contributed by atoms with E-state index in [1.54, 1.807) is 36.9 Å². The van der Waals surface area contributed by atoms with Crippen LogP contribution >= 0.6 is 27.7 Å². The zero-order valence-corrected chi connectivity index (χ0v) is 17.8. The van der Waals surface area contributed by atoms with Gasteiger partial charge in [0.15, 0.2) is 5.65 Å². The lowest BCUT2D eigenvalue weighted by Gasteiger charge is -2.07. The number of anilines is 1. The minimum absolute atomic E-state index is 0.167. The SMILES string of the molecule is Cc1cc2nc(CSc3ccc(NC(=O)c4cccc(Br)c4)cc3)cc(=O)n2o1. The fourth-order valence-electron chi connectivity index (χ4n) is 2.77. The van der Waals surface area contributed by atoms with Crippen molar-refractivity contribution in [2.75, 3.05) is 5.32 Å². The molecule has 0 aliphatic rings. The topological polar surface area (TPSA) is 76.6 Å². The number of fused-ring (bicyclic) bond motifs is 1. The van der Waals surface area contributed by atoms with E-state index in [4.69, 9.17) is 4.52 Å². The second-order valence-corrected chi connectivity index (χ2v) is 8.33. The average Bonchev–Trinajstić information content (AvgIpc) is 3.08. The van der Waals surface area contributed by atoms with Gasteiger partial charge in [-0.2, -0.15) is 0 Å². The number of nitrogens with zero attached hydrogens (tertiary/aromatic N) is 2. The second kappa shape index (κ2) is 8.26. The van der Waals surface area contributed by atoms with E-state index < -0.39 is 0 Å². The summed E-state index contributed by atoms with van der Waals surface area (Å²) in [5, 5.41) is 2.88. The van der Waals surface area contributed by atoms with Crippen molar-refractivity contribution in [2.45, 2.75) is 17.6 Å². The number of rotatable bonds is 5. The molecule has 0 saturated heterocycles. The van der Waals surface area contributed by atoms with Crippen molar-refractivity contribution >= 4 is 44.9 Å². The van der Waals surface area contributed by atoms with Crippen LogP contribution in [0.25, 0.3) is 5.65 Å². The molecule has 146 valence electrons. The van der Waals surface area contributed by atoms with Gasteiger partial charge in [-0.25, -0.2) is 4.98 Å². The van der Waals surface area contributed by atoms with Crippen LogP contribution < -0.4 is 10.9 Å². The molecule has 0 radical (unpaired) electrons. The Labute approximate surface area is 179 Å². The molecule has 0 spiro atoms. The number of thioether (sulfide) groups is 1. The molecule has 0 unspecified atom stereocenters. The van der Waals surface area contributed by atoms with Gasteiger partial charge in [0.1, 0.15) is 5.76 Å². The summed E-state index contributed by atoms with van der Waals surface area (Å²) in [5.74, 6) is 1.03. The molecule has 2 aromatic carbocycles. The van der Waals surface area contributed by atoms with Crippen LogP contribution in [-0.2, 0) is 5.75 Å². The van der Waals surface area contributed by atoms with Crippen molar-refractivity contribution in [3.63, 3.8) is 0 Å². The number of carbonyl (C=O) groups excluding carboxylic acids is 1. The first-order valence-electron chi connectivity index (χ1n) is 8.77. The molecule has 0 atom stereocenters. The van der Waals surface area contributed by atoms with E-state index in [9.17, 15) is 9.59 Å². The fourth-order valence-corrected chi connectivity index (χ4v) is 3.96. The van der Waals surface area contributed by atoms with Gasteiger partial charge in [0.25, 0.3) is 11.5 Å². The highest BCUT2D eigenvalue weighted by Gasteiger charge is 2.08. The Morgan fingerprint density at radius 1 is 1.17 bits per heavy atom. The van der Waals surface area contributed by atoms with E-state index in [0.717, 1.165) is 9.37 Å². The molecule has 2 heterocycles. The monoisotopic (exact) mass is 469 g/mol. The molecule has 8 heteroatoms. The number of aryl methyl sites for hydroxylation is 1. The molecule has 0 bridgehead atoms. The number of nitrogens with one attached hydrogen (secondary N) is 1. The van der Waals surface area contributed by atoms with E-state index in [-0.39, 0.29) is 11.5 Å². The third-order valence-electron chi connectivity index (χ3n) is 4.11. The molecule has 0 saturated carbocycles. The average molecular weight is 470 g/mol. The maximum Gasteiger partial charge on any atom is 0.287 e. The van der Waals surface area contributed by atoms with E-state index in [0.29, 0.717) is 34.1 Å². The molecule has 0 aliphatic carbocycles. The molecule has 1 N–H and O–H groups in total. The summed E-state index contributed by atoms with van der Waals surface area (Å²) in [6.07, 6.45) is 0. The standard InChI is InChI=1S/C21H16BrN3O3S/c1-13-9-19-23-17(11-20(26)25(19)28-13)12-29-18-7-5-16(6-8-18)24-21(27)14-3-2-4-15(22)10-14/h2-11H,12H2,1H3,(H,24,27). The second-order valence-electron chi connectivity index (χ2n) is 6.36. The molecule has 4 aromatic rings. The van der Waals surface area contributed by atoms with Crippen LogP contribution in [-0.4, -0.2) is 15.5 Å². The van der Waals surface area contributed by atoms with Crippen LogP contribution in [0.15, 0.2) is 79.3 Å². The Hall–Kier alpha value is -2.84. The van der Waals surface area contributed by atoms with Gasteiger partial charge in [-0.15, -0.1) is 16.3 Å². The van der Waals surface area contributed by atoms with Gasteiger partial charge in [-0.3, -0.25) is 9.59 Å². The molecule has 1 amide bonds. The molecule has 4 rings (SSSR count). The van der Waals surface area contributed by atoms with Crippen molar-refractivity contribution in [1.29, 1.82) is 0 Å². The van der Waals surface area contributed by atoms with Gasteiger partial charge in [-0.1, -0.05) is 22.0 Å². The van der Waals surface area contributed by atoms with Gasteiger partial charge >= 0.3 is 0 Å². The van der Waals surface area contributed by atoms with Crippen LogP contribution in [0.1, 0.15) is 21.8 Å². The first-order chi connectivity index (χ1) is 14.0. The summed E-state index contributed by atoms with van der Waals surface area (Å²) in [7, 11) is 0. The van der Waals surface area contributed by atoms with E-state index in [1.165, 1.54) is 10.6 Å². The molecule has 6 nitrogen and oxygen atoms in total. The summed E-state index contributed by atoms with van der Waals surface area (Å²) in [6.45, 7) is 1.78. The van der Waals surface area contributed by atoms with Crippen LogP contribution in [0.5, 0.6) is 0 Å². The molecule has 2 aromatic heterocycles. The Balaban J connectivity index is 1.41. The largest absolute Gasteiger partial charge is 0.375 e. The zero-order valence-electron chi connectivity index (χ0n) is 15.4. The van der Waals surface area contributed by atoms with E-state index in [2.05, 4.69) is 26.2 Å². The number of hydrogen-bond donors (Lipinski definition) is 1. The Kier molecular flexibility index (Phi) is 5.55. The lowest BCUT2D eigenvalue weighted by Crippen LogP contribution is -2.12. The normalized spacial score (nSPS) is 11.0. The first-order valence-corrected chi connectivity index (χ1v) is 10.6. The predicted molar refractivity (Wildman–Crippen MR) is 117 cm³/mol. The Bertz CT molecular complexity index is 1250. The van der Waals surface area contributed by atoms with Crippen molar-refractivity contribution in [3.05, 3.63) is 92.5 Å². The summed E-state index contributed by atoms with van der Waals surface area (Å²) in [4.78, 5) is 29.9. The van der Waals surface area contributed by atoms with E-state index in [1.807, 2.05) is 36.4 Å². The highest BCUT2D eigenvalue weighted by Crippen LogP contribution is 2.24. The molecule has 0 aliphatic heterocycles. The van der Waals surface area contributed by atoms with Gasteiger partial charge in [0.05, 0.1) is 5.69 Å². The lowest BCUT2D eigenvalue weighted by atomic mass is 10.2. The number of hydrogen-bond acceptors (Lipinski definition) is 5. The number of aromatic nitrogens is 2. The van der Waals surface area contributed by atoms with Crippen molar-refractivity contribution in [2.24, 2.45) is 0 Å². The Morgan fingerprint density at radius 2 is 1.97 bits per heavy atom. The fraction of sp³-hybridized carbons (Fsp3) is 0.0952. The summed E-state index contributed by atoms with van der Waals surface area (Å²) in [5.41, 5.74) is 2.26. The van der Waals surface area contributed by atoms with Crippen LogP contribution in [0.4, 0.5) is 5.69 Å². The number of halogens is 1. The van der Waals surface area contributed by atoms with Gasteiger partial charge in [0.2, 0.25) is 0 Å². The quantitative estimate of drug-likeness (QED) is 0.420. The number of benzene rings is 2. The van der Waals surface area contributed by atoms with Crippen LogP contribution in [0.2, 0.25) is 0 Å². The van der Waals surface area contributed by atoms with Crippen molar-refractivity contribution in [1.82, 2.24) is 9.56 Å². The zero-order chi connectivity index (χ0) is 20.4. The third-order valence-corrected chi connectivity index (χ3v) is 5.65. The summed E-state index contributed by atoms with van der Waals surface area (Å²) < 4.78 is 7.34. The third kappa shape index (κ3) is 4.60. The highest BCUT2D eigenvalue weighted by molar-refractivity contribution is 9.10. The minimum atomic E-state index is -0.232. The molecule has 0 fully saturated rings. The van der Waals surface area contributed by atoms with Gasteiger partial charge < -0.3 is 9.84 Å². The highest BCUT2D eigenvalue weighted by atomic mass is 79.9. The minimum Gasteiger partial charge on any atom is -0.375 e. The van der Waals surface area contributed by atoms with Crippen LogP contribution in [0, 0.1) is 6.92 Å². The predicted octanol–water partition coefficient (Wildman–Crippen LogP) is 4.90. The smallest absolute Gasteiger partial charge is 0.287 e. The van der Waals surface area contributed by atoms with Crippen LogP contribution in [0.3, 0.4) is 0 Å². The number of amides is 1. The maximum absolute atomic E-state index is 12.3. The van der Waals surface area contributed by atoms with Gasteiger partial charge in [0, 0.05) is 38.5 Å². The van der Waals surface area contributed by atoms with Crippen molar-refractivity contribution in [3.8, 4) is 0 Å². The maximum atomic E-state index is 12.3.